The van der Waals surface area contributed by atoms with E-state index in [1.165, 1.54) is 6.26 Å². The van der Waals surface area contributed by atoms with E-state index in [9.17, 15) is 8.42 Å². The summed E-state index contributed by atoms with van der Waals surface area (Å²) in [6.07, 6.45) is 2.09. The Bertz CT molecular complexity index is 428. The quantitative estimate of drug-likeness (QED) is 0.829. The van der Waals surface area contributed by atoms with Crippen LogP contribution in [0.4, 0.5) is 5.69 Å². The highest BCUT2D eigenvalue weighted by Gasteiger charge is 2.06. The van der Waals surface area contributed by atoms with Crippen molar-refractivity contribution in [3.05, 3.63) is 24.3 Å². The summed E-state index contributed by atoms with van der Waals surface area (Å²) in [5.41, 5.74) is 0.881. The standard InChI is InChI=1S/C11H16ClNO2S/c1-3-9(12)8-13-10-4-6-11(7-5-10)16(2,14)15/h4-7,9,13H,3,8H2,1-2H3. The average Bonchev–Trinajstić information content (AvgIpc) is 2.25. The number of alkyl halides is 1. The van der Waals surface area contributed by atoms with Gasteiger partial charge in [-0.05, 0) is 30.7 Å². The first-order valence-corrected chi connectivity index (χ1v) is 7.44. The Morgan fingerprint density at radius 1 is 1.31 bits per heavy atom. The van der Waals surface area contributed by atoms with Crippen molar-refractivity contribution in [1.82, 2.24) is 0 Å². The summed E-state index contributed by atoms with van der Waals surface area (Å²) in [5.74, 6) is 0. The lowest BCUT2D eigenvalue weighted by molar-refractivity contribution is 0.602. The van der Waals surface area contributed by atoms with Gasteiger partial charge in [0.15, 0.2) is 9.84 Å². The number of hydrogen-bond donors (Lipinski definition) is 1. The number of hydrogen-bond acceptors (Lipinski definition) is 3. The molecule has 16 heavy (non-hydrogen) atoms. The van der Waals surface area contributed by atoms with Gasteiger partial charge in [-0.3, -0.25) is 0 Å². The number of nitrogens with one attached hydrogen (secondary N) is 1. The van der Waals surface area contributed by atoms with Gasteiger partial charge in [-0.1, -0.05) is 6.92 Å². The molecule has 1 aromatic rings. The molecular formula is C11H16ClNO2S. The van der Waals surface area contributed by atoms with Crippen LogP contribution in [0.25, 0.3) is 0 Å². The zero-order valence-electron chi connectivity index (χ0n) is 9.40. The van der Waals surface area contributed by atoms with Gasteiger partial charge in [0.1, 0.15) is 0 Å². The van der Waals surface area contributed by atoms with E-state index in [-0.39, 0.29) is 5.38 Å². The first-order chi connectivity index (χ1) is 7.43. The van der Waals surface area contributed by atoms with Gasteiger partial charge in [0, 0.05) is 18.5 Å². The number of anilines is 1. The van der Waals surface area contributed by atoms with Crippen molar-refractivity contribution in [2.24, 2.45) is 0 Å². The first-order valence-electron chi connectivity index (χ1n) is 5.11. The summed E-state index contributed by atoms with van der Waals surface area (Å²) in [4.78, 5) is 0.330. The number of benzene rings is 1. The molecule has 1 rings (SSSR count). The Balaban J connectivity index is 2.66. The normalized spacial score (nSPS) is 13.4. The minimum Gasteiger partial charge on any atom is -0.384 e. The maximum absolute atomic E-state index is 11.2. The van der Waals surface area contributed by atoms with Gasteiger partial charge in [-0.25, -0.2) is 8.42 Å². The van der Waals surface area contributed by atoms with Gasteiger partial charge in [-0.15, -0.1) is 11.6 Å². The van der Waals surface area contributed by atoms with E-state index >= 15 is 0 Å². The maximum atomic E-state index is 11.2. The van der Waals surface area contributed by atoms with Crippen LogP contribution >= 0.6 is 11.6 Å². The van der Waals surface area contributed by atoms with Gasteiger partial charge in [0.2, 0.25) is 0 Å². The Labute approximate surface area is 102 Å². The molecule has 1 unspecified atom stereocenters. The summed E-state index contributed by atoms with van der Waals surface area (Å²) in [5, 5.41) is 3.24. The molecule has 0 aliphatic rings. The Morgan fingerprint density at radius 3 is 2.31 bits per heavy atom. The molecule has 0 amide bonds. The molecule has 1 N–H and O–H groups in total. The van der Waals surface area contributed by atoms with Gasteiger partial charge >= 0.3 is 0 Å². The van der Waals surface area contributed by atoms with Crippen molar-refractivity contribution in [3.8, 4) is 0 Å². The minimum atomic E-state index is -3.11. The molecule has 90 valence electrons. The average molecular weight is 262 g/mol. The van der Waals surface area contributed by atoms with Crippen molar-refractivity contribution in [2.45, 2.75) is 23.6 Å². The Hall–Kier alpha value is -0.740. The smallest absolute Gasteiger partial charge is 0.175 e. The summed E-state index contributed by atoms with van der Waals surface area (Å²) < 4.78 is 22.4. The lowest BCUT2D eigenvalue weighted by Gasteiger charge is -2.10. The third kappa shape index (κ3) is 4.02. The van der Waals surface area contributed by atoms with Gasteiger partial charge < -0.3 is 5.32 Å². The van der Waals surface area contributed by atoms with Gasteiger partial charge in [0.05, 0.1) is 10.3 Å². The fourth-order valence-corrected chi connectivity index (χ4v) is 1.90. The fourth-order valence-electron chi connectivity index (χ4n) is 1.19. The highest BCUT2D eigenvalue weighted by Crippen LogP contribution is 2.14. The first kappa shape index (κ1) is 13.3. The van der Waals surface area contributed by atoms with Crippen LogP contribution in [0.2, 0.25) is 0 Å². The molecule has 0 aromatic heterocycles. The number of halogens is 1. The molecule has 0 fully saturated rings. The van der Waals surface area contributed by atoms with E-state index in [1.807, 2.05) is 6.92 Å². The molecule has 0 spiro atoms. The summed E-state index contributed by atoms with van der Waals surface area (Å²) in [6, 6.07) is 6.67. The largest absolute Gasteiger partial charge is 0.384 e. The van der Waals surface area contributed by atoms with Crippen molar-refractivity contribution < 1.29 is 8.42 Å². The Morgan fingerprint density at radius 2 is 1.88 bits per heavy atom. The second kappa shape index (κ2) is 5.55. The molecule has 0 saturated heterocycles. The third-order valence-corrected chi connectivity index (χ3v) is 3.84. The molecule has 0 saturated carbocycles. The van der Waals surface area contributed by atoms with Crippen LogP contribution < -0.4 is 5.32 Å². The molecule has 0 bridgehead atoms. The molecule has 3 nitrogen and oxygen atoms in total. The van der Waals surface area contributed by atoms with E-state index in [1.54, 1.807) is 24.3 Å². The van der Waals surface area contributed by atoms with E-state index in [4.69, 9.17) is 11.6 Å². The predicted molar refractivity (Wildman–Crippen MR) is 68.0 cm³/mol. The lowest BCUT2D eigenvalue weighted by atomic mass is 10.3. The van der Waals surface area contributed by atoms with Crippen LogP contribution in [0.3, 0.4) is 0 Å². The van der Waals surface area contributed by atoms with Crippen LogP contribution in [0.15, 0.2) is 29.2 Å². The van der Waals surface area contributed by atoms with E-state index in [0.717, 1.165) is 12.1 Å². The zero-order valence-corrected chi connectivity index (χ0v) is 11.0. The van der Waals surface area contributed by atoms with Crippen molar-refractivity contribution in [3.63, 3.8) is 0 Å². The molecule has 5 heteroatoms. The van der Waals surface area contributed by atoms with E-state index in [2.05, 4.69) is 5.32 Å². The summed E-state index contributed by atoms with van der Waals surface area (Å²) in [6.45, 7) is 2.70. The fraction of sp³-hybridized carbons (Fsp3) is 0.455. The molecule has 1 atom stereocenters. The highest BCUT2D eigenvalue weighted by atomic mass is 35.5. The van der Waals surface area contributed by atoms with E-state index in [0.29, 0.717) is 11.4 Å². The maximum Gasteiger partial charge on any atom is 0.175 e. The van der Waals surface area contributed by atoms with E-state index < -0.39 is 9.84 Å². The van der Waals surface area contributed by atoms with Crippen LogP contribution in [0.1, 0.15) is 13.3 Å². The van der Waals surface area contributed by atoms with Crippen LogP contribution in [-0.2, 0) is 9.84 Å². The van der Waals surface area contributed by atoms with Crippen LogP contribution in [-0.4, -0.2) is 26.6 Å². The topological polar surface area (TPSA) is 46.2 Å². The molecule has 1 aromatic carbocycles. The number of rotatable bonds is 5. The third-order valence-electron chi connectivity index (χ3n) is 2.25. The molecule has 0 radical (unpaired) electrons. The van der Waals surface area contributed by atoms with Crippen molar-refractivity contribution in [1.29, 1.82) is 0 Å². The Kier molecular flexibility index (Phi) is 4.62. The molecule has 0 heterocycles. The SMILES string of the molecule is CCC(Cl)CNc1ccc(S(C)(=O)=O)cc1. The summed E-state index contributed by atoms with van der Waals surface area (Å²) >= 11 is 5.96. The molecule has 0 aliphatic heterocycles. The van der Waals surface area contributed by atoms with Crippen molar-refractivity contribution in [2.75, 3.05) is 18.1 Å². The van der Waals surface area contributed by atoms with Crippen LogP contribution in [0, 0.1) is 0 Å². The lowest BCUT2D eigenvalue weighted by Crippen LogP contribution is -2.12. The summed E-state index contributed by atoms with van der Waals surface area (Å²) in [7, 11) is -3.11. The van der Waals surface area contributed by atoms with Gasteiger partial charge in [-0.2, -0.15) is 0 Å². The molecule has 0 aliphatic carbocycles. The second-order valence-electron chi connectivity index (χ2n) is 3.68. The second-order valence-corrected chi connectivity index (χ2v) is 6.32. The van der Waals surface area contributed by atoms with Crippen LogP contribution in [0.5, 0.6) is 0 Å². The zero-order chi connectivity index (χ0) is 12.2. The monoisotopic (exact) mass is 261 g/mol. The highest BCUT2D eigenvalue weighted by molar-refractivity contribution is 7.90. The number of sulfone groups is 1. The predicted octanol–water partition coefficient (Wildman–Crippen LogP) is 2.52. The van der Waals surface area contributed by atoms with Crippen molar-refractivity contribution >= 4 is 27.1 Å². The van der Waals surface area contributed by atoms with Gasteiger partial charge in [0.25, 0.3) is 0 Å². The molecular weight excluding hydrogens is 246 g/mol. The minimum absolute atomic E-state index is 0.0922.